The number of hydrogen-bond donors (Lipinski definition) is 0. The first kappa shape index (κ1) is 10.5. The molecule has 0 aromatic carbocycles. The Bertz CT molecular complexity index is 458. The van der Waals surface area contributed by atoms with Crippen molar-refractivity contribution < 1.29 is 4.74 Å². The molecule has 0 fully saturated rings. The molecular formula is C10H9ClN2OS. The standard InChI is InChI=1S/C10H9ClN2OS/c1-14-6-7-2-3-9(15-7)8-4-5-12-10(11)13-8/h2-5H,6H2,1H3. The predicted octanol–water partition coefficient (Wildman–Crippen LogP) is 3.00. The van der Waals surface area contributed by atoms with Crippen LogP contribution in [0.2, 0.25) is 5.28 Å². The Morgan fingerprint density at radius 2 is 2.27 bits per heavy atom. The van der Waals surface area contributed by atoms with E-state index in [2.05, 4.69) is 9.97 Å². The Kier molecular flexibility index (Phi) is 3.30. The van der Waals surface area contributed by atoms with Crippen LogP contribution in [0.3, 0.4) is 0 Å². The lowest BCUT2D eigenvalue weighted by Crippen LogP contribution is -1.83. The lowest BCUT2D eigenvalue weighted by atomic mass is 10.3. The molecule has 15 heavy (non-hydrogen) atoms. The fourth-order valence-electron chi connectivity index (χ4n) is 1.21. The maximum absolute atomic E-state index is 5.72. The maximum atomic E-state index is 5.72. The van der Waals surface area contributed by atoms with Crippen molar-refractivity contribution in [3.8, 4) is 10.6 Å². The van der Waals surface area contributed by atoms with Gasteiger partial charge in [0.1, 0.15) is 0 Å². The summed E-state index contributed by atoms with van der Waals surface area (Å²) in [5.41, 5.74) is 0.849. The van der Waals surface area contributed by atoms with Crippen LogP contribution in [0.5, 0.6) is 0 Å². The molecule has 0 saturated carbocycles. The van der Waals surface area contributed by atoms with Crippen molar-refractivity contribution in [2.24, 2.45) is 0 Å². The van der Waals surface area contributed by atoms with Gasteiger partial charge in [-0.25, -0.2) is 9.97 Å². The predicted molar refractivity (Wildman–Crippen MR) is 61.1 cm³/mol. The Morgan fingerprint density at radius 1 is 1.40 bits per heavy atom. The zero-order valence-corrected chi connectivity index (χ0v) is 9.68. The van der Waals surface area contributed by atoms with Gasteiger partial charge < -0.3 is 4.74 Å². The van der Waals surface area contributed by atoms with Crippen LogP contribution in [0.25, 0.3) is 10.6 Å². The summed E-state index contributed by atoms with van der Waals surface area (Å²) in [5, 5.41) is 0.272. The molecule has 0 aliphatic heterocycles. The number of rotatable bonds is 3. The summed E-state index contributed by atoms with van der Waals surface area (Å²) in [6, 6.07) is 5.88. The van der Waals surface area contributed by atoms with Crippen molar-refractivity contribution >= 4 is 22.9 Å². The third-order valence-electron chi connectivity index (χ3n) is 1.83. The molecule has 0 unspecified atom stereocenters. The molecule has 0 bridgehead atoms. The molecule has 0 amide bonds. The summed E-state index contributed by atoms with van der Waals surface area (Å²) < 4.78 is 5.05. The quantitative estimate of drug-likeness (QED) is 0.774. The average Bonchev–Trinajstić information content (AvgIpc) is 2.67. The maximum Gasteiger partial charge on any atom is 0.222 e. The molecule has 0 radical (unpaired) electrons. The van der Waals surface area contributed by atoms with Gasteiger partial charge in [-0.1, -0.05) is 0 Å². The molecule has 2 aromatic rings. The van der Waals surface area contributed by atoms with E-state index in [0.717, 1.165) is 10.6 Å². The zero-order chi connectivity index (χ0) is 10.7. The Morgan fingerprint density at radius 3 is 3.00 bits per heavy atom. The van der Waals surface area contributed by atoms with Gasteiger partial charge in [-0.3, -0.25) is 0 Å². The van der Waals surface area contributed by atoms with Gasteiger partial charge in [0.15, 0.2) is 0 Å². The second kappa shape index (κ2) is 4.70. The average molecular weight is 241 g/mol. The third-order valence-corrected chi connectivity index (χ3v) is 3.09. The molecule has 78 valence electrons. The topological polar surface area (TPSA) is 35.0 Å². The van der Waals surface area contributed by atoms with Gasteiger partial charge in [-0.15, -0.1) is 11.3 Å². The van der Waals surface area contributed by atoms with Crippen molar-refractivity contribution in [2.75, 3.05) is 7.11 Å². The van der Waals surface area contributed by atoms with E-state index in [9.17, 15) is 0 Å². The lowest BCUT2D eigenvalue weighted by molar-refractivity contribution is 0.187. The first-order valence-electron chi connectivity index (χ1n) is 4.36. The van der Waals surface area contributed by atoms with Crippen LogP contribution in [0, 0.1) is 0 Å². The van der Waals surface area contributed by atoms with E-state index in [1.807, 2.05) is 18.2 Å². The molecule has 0 aliphatic rings. The minimum atomic E-state index is 0.272. The van der Waals surface area contributed by atoms with Gasteiger partial charge in [0, 0.05) is 18.2 Å². The van der Waals surface area contributed by atoms with Gasteiger partial charge in [0.25, 0.3) is 0 Å². The number of ether oxygens (including phenoxy) is 1. The molecule has 5 heteroatoms. The summed E-state index contributed by atoms with van der Waals surface area (Å²) in [6.07, 6.45) is 1.65. The van der Waals surface area contributed by atoms with E-state index in [0.29, 0.717) is 6.61 Å². The van der Waals surface area contributed by atoms with Crippen LogP contribution in [0.15, 0.2) is 24.4 Å². The number of nitrogens with zero attached hydrogens (tertiary/aromatic N) is 2. The van der Waals surface area contributed by atoms with Gasteiger partial charge >= 0.3 is 0 Å². The van der Waals surface area contributed by atoms with Gasteiger partial charge in [0.05, 0.1) is 17.2 Å². The van der Waals surface area contributed by atoms with E-state index < -0.39 is 0 Å². The van der Waals surface area contributed by atoms with Crippen LogP contribution in [-0.2, 0) is 11.3 Å². The fourth-order valence-corrected chi connectivity index (χ4v) is 2.30. The van der Waals surface area contributed by atoms with E-state index in [-0.39, 0.29) is 5.28 Å². The molecule has 0 saturated heterocycles. The summed E-state index contributed by atoms with van der Waals surface area (Å²) in [6.45, 7) is 0.628. The smallest absolute Gasteiger partial charge is 0.222 e. The van der Waals surface area contributed by atoms with Crippen molar-refractivity contribution in [1.82, 2.24) is 9.97 Å². The minimum Gasteiger partial charge on any atom is -0.379 e. The van der Waals surface area contributed by atoms with Gasteiger partial charge in [0.2, 0.25) is 5.28 Å². The molecule has 0 aliphatic carbocycles. The van der Waals surface area contributed by atoms with Gasteiger partial charge in [-0.2, -0.15) is 0 Å². The van der Waals surface area contributed by atoms with Crippen molar-refractivity contribution in [3.63, 3.8) is 0 Å². The minimum absolute atomic E-state index is 0.272. The molecule has 2 heterocycles. The highest BCUT2D eigenvalue weighted by molar-refractivity contribution is 7.15. The Hall–Kier alpha value is -0.970. The fraction of sp³-hybridized carbons (Fsp3) is 0.200. The summed E-state index contributed by atoms with van der Waals surface area (Å²) in [4.78, 5) is 10.2. The SMILES string of the molecule is COCc1ccc(-c2ccnc(Cl)n2)s1. The van der Waals surface area contributed by atoms with E-state index >= 15 is 0 Å². The summed E-state index contributed by atoms with van der Waals surface area (Å²) >= 11 is 7.37. The second-order valence-corrected chi connectivity index (χ2v) is 4.42. The Labute approximate surface area is 96.7 Å². The molecule has 0 spiro atoms. The number of aromatic nitrogens is 2. The number of hydrogen-bond acceptors (Lipinski definition) is 4. The first-order chi connectivity index (χ1) is 7.29. The van der Waals surface area contributed by atoms with Crippen LogP contribution >= 0.6 is 22.9 Å². The second-order valence-electron chi connectivity index (χ2n) is 2.91. The summed E-state index contributed by atoms with van der Waals surface area (Å²) in [7, 11) is 1.68. The van der Waals surface area contributed by atoms with Gasteiger partial charge in [-0.05, 0) is 29.8 Å². The van der Waals surface area contributed by atoms with Crippen molar-refractivity contribution in [3.05, 3.63) is 34.6 Å². The normalized spacial score (nSPS) is 10.5. The monoisotopic (exact) mass is 240 g/mol. The van der Waals surface area contributed by atoms with E-state index in [4.69, 9.17) is 16.3 Å². The molecule has 0 N–H and O–H groups in total. The van der Waals surface area contributed by atoms with Crippen molar-refractivity contribution in [1.29, 1.82) is 0 Å². The largest absolute Gasteiger partial charge is 0.379 e. The van der Waals surface area contributed by atoms with E-state index in [1.165, 1.54) is 4.88 Å². The van der Waals surface area contributed by atoms with E-state index in [1.54, 1.807) is 24.6 Å². The number of methoxy groups -OCH3 is 1. The van der Waals surface area contributed by atoms with Crippen LogP contribution < -0.4 is 0 Å². The number of thiophene rings is 1. The highest BCUT2D eigenvalue weighted by Gasteiger charge is 2.04. The van der Waals surface area contributed by atoms with Crippen LogP contribution in [-0.4, -0.2) is 17.1 Å². The lowest BCUT2D eigenvalue weighted by Gasteiger charge is -1.95. The van der Waals surface area contributed by atoms with Crippen LogP contribution in [0.4, 0.5) is 0 Å². The van der Waals surface area contributed by atoms with Crippen LogP contribution in [0.1, 0.15) is 4.88 Å². The molecule has 2 aromatic heterocycles. The highest BCUT2D eigenvalue weighted by atomic mass is 35.5. The third kappa shape index (κ3) is 2.53. The zero-order valence-electron chi connectivity index (χ0n) is 8.11. The summed E-state index contributed by atoms with van der Waals surface area (Å²) in [5.74, 6) is 0. The molecule has 2 rings (SSSR count). The first-order valence-corrected chi connectivity index (χ1v) is 5.55. The molecular weight excluding hydrogens is 232 g/mol. The number of halogens is 1. The molecule has 0 atom stereocenters. The van der Waals surface area contributed by atoms with Crippen molar-refractivity contribution in [2.45, 2.75) is 6.61 Å². The Balaban J connectivity index is 2.29. The molecule has 3 nitrogen and oxygen atoms in total. The highest BCUT2D eigenvalue weighted by Crippen LogP contribution is 2.27.